The number of fused-ring (bicyclic) bond motifs is 1. The van der Waals surface area contributed by atoms with Crippen molar-refractivity contribution in [2.24, 2.45) is 0 Å². The molecule has 0 unspecified atom stereocenters. The van der Waals surface area contributed by atoms with Crippen molar-refractivity contribution in [3.8, 4) is 28.2 Å². The number of benzene rings is 2. The molecule has 3 heterocycles. The number of hydrogen-bond donors (Lipinski definition) is 2. The van der Waals surface area contributed by atoms with E-state index >= 15 is 0 Å². The van der Waals surface area contributed by atoms with Crippen molar-refractivity contribution in [2.45, 2.75) is 6.61 Å². The number of hydrogen-bond acceptors (Lipinski definition) is 5. The van der Waals surface area contributed by atoms with Crippen LogP contribution in [-0.4, -0.2) is 24.6 Å². The Kier molecular flexibility index (Phi) is 4.46. The number of nitrogens with two attached hydrogens (primary N) is 1. The minimum absolute atomic E-state index is 0.00788. The second kappa shape index (κ2) is 7.42. The van der Waals surface area contributed by atoms with Gasteiger partial charge in [-0.1, -0.05) is 42.5 Å². The summed E-state index contributed by atoms with van der Waals surface area (Å²) in [6.07, 6.45) is 3.52. The van der Waals surface area contributed by atoms with E-state index in [0.29, 0.717) is 11.6 Å². The number of aromatic nitrogens is 4. The van der Waals surface area contributed by atoms with Gasteiger partial charge in [0, 0.05) is 23.6 Å². The maximum atomic E-state index is 9.38. The molecule has 0 fully saturated rings. The van der Waals surface area contributed by atoms with Crippen LogP contribution in [0.1, 0.15) is 5.56 Å². The van der Waals surface area contributed by atoms with Crippen LogP contribution in [-0.2, 0) is 6.61 Å². The summed E-state index contributed by atoms with van der Waals surface area (Å²) < 4.78 is 1.97. The van der Waals surface area contributed by atoms with Gasteiger partial charge in [-0.15, -0.1) is 0 Å². The standard InChI is InChI=1S/C24H19N5O/c25-22-20(7-4-12-26-22)23-28-21-13-18(17-5-2-1-3-6-17)14-27-24(21)29(23)19-10-8-16(15-30)9-11-19/h1-14,30H,15H2,(H2,25,26). The van der Waals surface area contributed by atoms with Crippen LogP contribution in [0, 0.1) is 0 Å². The van der Waals surface area contributed by atoms with Gasteiger partial charge in [0.05, 0.1) is 12.2 Å². The summed E-state index contributed by atoms with van der Waals surface area (Å²) in [5.74, 6) is 1.08. The van der Waals surface area contributed by atoms with Crippen LogP contribution in [0.5, 0.6) is 0 Å². The Labute approximate surface area is 173 Å². The van der Waals surface area contributed by atoms with Gasteiger partial charge >= 0.3 is 0 Å². The second-order valence-corrected chi connectivity index (χ2v) is 6.96. The first kappa shape index (κ1) is 18.0. The zero-order chi connectivity index (χ0) is 20.5. The predicted molar refractivity (Wildman–Crippen MR) is 118 cm³/mol. The summed E-state index contributed by atoms with van der Waals surface area (Å²) in [5, 5.41) is 9.38. The highest BCUT2D eigenvalue weighted by molar-refractivity contribution is 5.85. The van der Waals surface area contributed by atoms with E-state index < -0.39 is 0 Å². The third kappa shape index (κ3) is 3.09. The molecule has 0 amide bonds. The molecule has 5 aromatic rings. The summed E-state index contributed by atoms with van der Waals surface area (Å²) in [7, 11) is 0. The van der Waals surface area contributed by atoms with Crippen molar-refractivity contribution in [1.29, 1.82) is 0 Å². The van der Waals surface area contributed by atoms with Crippen molar-refractivity contribution in [1.82, 2.24) is 19.5 Å². The molecule has 0 aliphatic heterocycles. The Morgan fingerprint density at radius 3 is 2.40 bits per heavy atom. The van der Waals surface area contributed by atoms with E-state index in [9.17, 15) is 5.11 Å². The highest BCUT2D eigenvalue weighted by atomic mass is 16.3. The Morgan fingerprint density at radius 2 is 1.67 bits per heavy atom. The Bertz CT molecular complexity index is 1330. The zero-order valence-electron chi connectivity index (χ0n) is 16.1. The quantitative estimate of drug-likeness (QED) is 0.477. The monoisotopic (exact) mass is 393 g/mol. The van der Waals surface area contributed by atoms with Crippen molar-refractivity contribution in [3.05, 3.63) is 90.8 Å². The molecule has 3 aromatic heterocycles. The molecule has 3 N–H and O–H groups in total. The molecule has 0 saturated carbocycles. The summed E-state index contributed by atoms with van der Waals surface area (Å²) >= 11 is 0. The van der Waals surface area contributed by atoms with Gasteiger partial charge in [0.25, 0.3) is 0 Å². The van der Waals surface area contributed by atoms with E-state index in [-0.39, 0.29) is 6.61 Å². The topological polar surface area (TPSA) is 89.9 Å². The zero-order valence-corrected chi connectivity index (χ0v) is 16.1. The van der Waals surface area contributed by atoms with Crippen molar-refractivity contribution < 1.29 is 5.11 Å². The minimum atomic E-state index is -0.00788. The maximum Gasteiger partial charge on any atom is 0.164 e. The SMILES string of the molecule is Nc1ncccc1-c1nc2cc(-c3ccccc3)cnc2n1-c1ccc(CO)cc1. The van der Waals surface area contributed by atoms with Gasteiger partial charge in [-0.3, -0.25) is 4.57 Å². The first-order valence-corrected chi connectivity index (χ1v) is 9.59. The molecule has 0 saturated heterocycles. The average molecular weight is 393 g/mol. The van der Waals surface area contributed by atoms with Crippen LogP contribution in [0.4, 0.5) is 5.82 Å². The van der Waals surface area contributed by atoms with E-state index in [0.717, 1.165) is 39.1 Å². The fraction of sp³-hybridized carbons (Fsp3) is 0.0417. The fourth-order valence-electron chi connectivity index (χ4n) is 3.54. The average Bonchev–Trinajstić information content (AvgIpc) is 3.18. The van der Waals surface area contributed by atoms with Gasteiger partial charge in [-0.05, 0) is 41.5 Å². The van der Waals surface area contributed by atoms with Crippen LogP contribution in [0.2, 0.25) is 0 Å². The van der Waals surface area contributed by atoms with E-state index in [1.165, 1.54) is 0 Å². The van der Waals surface area contributed by atoms with Crippen molar-refractivity contribution >= 4 is 17.0 Å². The van der Waals surface area contributed by atoms with Crippen LogP contribution in [0.15, 0.2) is 85.2 Å². The van der Waals surface area contributed by atoms with Gasteiger partial charge in [0.1, 0.15) is 11.3 Å². The van der Waals surface area contributed by atoms with E-state index in [2.05, 4.69) is 4.98 Å². The molecule has 0 bridgehead atoms. The highest BCUT2D eigenvalue weighted by Gasteiger charge is 2.18. The largest absolute Gasteiger partial charge is 0.392 e. The number of nitrogens with zero attached hydrogens (tertiary/aromatic N) is 4. The molecule has 146 valence electrons. The van der Waals surface area contributed by atoms with Gasteiger partial charge < -0.3 is 10.8 Å². The molecule has 0 atom stereocenters. The predicted octanol–water partition coefficient (Wildman–Crippen LogP) is 4.22. The molecule has 0 radical (unpaired) electrons. The van der Waals surface area contributed by atoms with Gasteiger partial charge in [-0.2, -0.15) is 0 Å². The lowest BCUT2D eigenvalue weighted by Gasteiger charge is -2.10. The molecule has 6 heteroatoms. The van der Waals surface area contributed by atoms with Crippen LogP contribution in [0.25, 0.3) is 39.4 Å². The summed E-state index contributed by atoms with van der Waals surface area (Å²) in [4.78, 5) is 13.8. The Balaban J connectivity index is 1.76. The summed E-state index contributed by atoms with van der Waals surface area (Å²) in [6.45, 7) is -0.00788. The van der Waals surface area contributed by atoms with Crippen LogP contribution >= 0.6 is 0 Å². The first-order valence-electron chi connectivity index (χ1n) is 9.59. The summed E-state index contributed by atoms with van der Waals surface area (Å²) in [6, 6.07) is 23.5. The smallest absolute Gasteiger partial charge is 0.164 e. The van der Waals surface area contributed by atoms with Crippen molar-refractivity contribution in [3.63, 3.8) is 0 Å². The van der Waals surface area contributed by atoms with E-state index in [1.807, 2.05) is 83.6 Å². The van der Waals surface area contributed by atoms with Gasteiger partial charge in [-0.25, -0.2) is 15.0 Å². The van der Waals surface area contributed by atoms with Gasteiger partial charge in [0.15, 0.2) is 11.5 Å². The number of pyridine rings is 2. The fourth-order valence-corrected chi connectivity index (χ4v) is 3.54. The molecule has 2 aromatic carbocycles. The molecule has 0 aliphatic carbocycles. The third-order valence-electron chi connectivity index (χ3n) is 5.06. The lowest BCUT2D eigenvalue weighted by atomic mass is 10.1. The van der Waals surface area contributed by atoms with Crippen LogP contribution in [0.3, 0.4) is 0 Å². The molecule has 0 spiro atoms. The number of rotatable bonds is 4. The first-order chi connectivity index (χ1) is 14.7. The van der Waals surface area contributed by atoms with E-state index in [4.69, 9.17) is 15.7 Å². The number of aliphatic hydroxyl groups excluding tert-OH is 1. The molecule has 30 heavy (non-hydrogen) atoms. The maximum absolute atomic E-state index is 9.38. The van der Waals surface area contributed by atoms with Gasteiger partial charge in [0.2, 0.25) is 0 Å². The lowest BCUT2D eigenvalue weighted by Crippen LogP contribution is -2.02. The Hall–Kier alpha value is -4.03. The Morgan fingerprint density at radius 1 is 0.867 bits per heavy atom. The molecule has 6 nitrogen and oxygen atoms in total. The molecular formula is C24H19N5O. The lowest BCUT2D eigenvalue weighted by molar-refractivity contribution is 0.282. The molecular weight excluding hydrogens is 374 g/mol. The third-order valence-corrected chi connectivity index (χ3v) is 5.06. The number of aliphatic hydroxyl groups is 1. The normalized spacial score (nSPS) is 11.1. The number of nitrogen functional groups attached to an aromatic ring is 1. The number of imidazole rings is 1. The van der Waals surface area contributed by atoms with Crippen LogP contribution < -0.4 is 5.73 Å². The molecule has 0 aliphatic rings. The number of anilines is 1. The van der Waals surface area contributed by atoms with Crippen molar-refractivity contribution in [2.75, 3.05) is 5.73 Å². The highest BCUT2D eigenvalue weighted by Crippen LogP contribution is 2.32. The minimum Gasteiger partial charge on any atom is -0.392 e. The molecule has 5 rings (SSSR count). The summed E-state index contributed by atoms with van der Waals surface area (Å²) in [5.41, 5.74) is 12.2. The van der Waals surface area contributed by atoms with E-state index in [1.54, 1.807) is 6.20 Å². The second-order valence-electron chi connectivity index (χ2n) is 6.96.